The summed E-state index contributed by atoms with van der Waals surface area (Å²) in [7, 11) is 0. The van der Waals surface area contributed by atoms with Crippen LogP contribution in [0.5, 0.6) is 0 Å². The second kappa shape index (κ2) is 6.80. The molecule has 0 aliphatic carbocycles. The van der Waals surface area contributed by atoms with Crippen LogP contribution < -0.4 is 10.5 Å². The van der Waals surface area contributed by atoms with Gasteiger partial charge in [-0.05, 0) is 44.5 Å². The first kappa shape index (κ1) is 19.0. The number of carbonyl (C=O) groups is 2. The van der Waals surface area contributed by atoms with Gasteiger partial charge in [-0.15, -0.1) is 0 Å². The summed E-state index contributed by atoms with van der Waals surface area (Å²) in [6.45, 7) is 5.51. The molecule has 1 atom stereocenters. The van der Waals surface area contributed by atoms with E-state index in [1.807, 2.05) is 38.1 Å². The fourth-order valence-electron chi connectivity index (χ4n) is 4.23. The number of aromatic amines is 1. The molecule has 3 heterocycles. The molecule has 2 amide bonds. The Bertz CT molecular complexity index is 1390. The zero-order valence-electron chi connectivity index (χ0n) is 17.3. The Kier molecular flexibility index (Phi) is 4.18. The highest BCUT2D eigenvalue weighted by molar-refractivity contribution is 6.23. The lowest BCUT2D eigenvalue weighted by Crippen LogP contribution is -2.31. The van der Waals surface area contributed by atoms with Gasteiger partial charge in [0, 0.05) is 12.1 Å². The molecule has 1 fully saturated rings. The van der Waals surface area contributed by atoms with Crippen LogP contribution in [0, 0.1) is 20.8 Å². The lowest BCUT2D eigenvalue weighted by atomic mass is 9.98. The number of hydrogen-bond donors (Lipinski definition) is 1. The Morgan fingerprint density at radius 1 is 1.06 bits per heavy atom. The number of rotatable bonds is 3. The molecule has 1 aliphatic heterocycles. The lowest BCUT2D eigenvalue weighted by molar-refractivity contribution is -0.121. The van der Waals surface area contributed by atoms with Gasteiger partial charge in [0.05, 0.1) is 17.2 Å². The summed E-state index contributed by atoms with van der Waals surface area (Å²) in [6.07, 6.45) is -0.0619. The van der Waals surface area contributed by atoms with E-state index in [9.17, 15) is 14.4 Å². The van der Waals surface area contributed by atoms with Crippen LogP contribution >= 0.6 is 0 Å². The van der Waals surface area contributed by atoms with Crippen molar-refractivity contribution in [2.45, 2.75) is 33.1 Å². The summed E-state index contributed by atoms with van der Waals surface area (Å²) < 4.78 is 6.87. The number of anilines is 1. The van der Waals surface area contributed by atoms with Crippen molar-refractivity contribution >= 4 is 28.6 Å². The fraction of sp³-hybridized carbons (Fsp3) is 0.217. The molecule has 31 heavy (non-hydrogen) atoms. The maximum Gasteiger partial charge on any atom is 0.325 e. The standard InChI is InChI=1S/C23H20N4O4/c1-12-8-9-17(13(2)10-12)26-19(28)11-15(21(26)29)20-14(3)25-27(22(20)30)23-24-16-6-4-5-7-18(16)31-23/h4-10,15,25H,11H2,1-3H3/t15-/m1/s1. The number of amides is 2. The minimum absolute atomic E-state index is 0.0619. The molecule has 8 heteroatoms. The molecule has 8 nitrogen and oxygen atoms in total. The number of H-pyrrole nitrogens is 1. The van der Waals surface area contributed by atoms with E-state index in [4.69, 9.17) is 4.42 Å². The van der Waals surface area contributed by atoms with Crippen molar-refractivity contribution in [1.82, 2.24) is 14.8 Å². The zero-order chi connectivity index (χ0) is 21.9. The third-order valence-electron chi connectivity index (χ3n) is 5.68. The van der Waals surface area contributed by atoms with Crippen LogP contribution in [0.25, 0.3) is 17.1 Å². The predicted octanol–water partition coefficient (Wildman–Crippen LogP) is 3.28. The van der Waals surface area contributed by atoms with Gasteiger partial charge in [-0.1, -0.05) is 29.8 Å². The van der Waals surface area contributed by atoms with Crippen LogP contribution in [0.3, 0.4) is 0 Å². The third-order valence-corrected chi connectivity index (χ3v) is 5.68. The van der Waals surface area contributed by atoms with E-state index in [-0.39, 0.29) is 23.9 Å². The second-order valence-corrected chi connectivity index (χ2v) is 7.87. The number of carbonyl (C=O) groups excluding carboxylic acids is 2. The summed E-state index contributed by atoms with van der Waals surface area (Å²) in [4.78, 5) is 44.8. The number of aryl methyl sites for hydroxylation is 3. The monoisotopic (exact) mass is 416 g/mol. The van der Waals surface area contributed by atoms with Crippen molar-refractivity contribution in [2.24, 2.45) is 0 Å². The Balaban J connectivity index is 1.56. The summed E-state index contributed by atoms with van der Waals surface area (Å²) in [5, 5.41) is 2.94. The first-order chi connectivity index (χ1) is 14.8. The Labute approximate surface area is 177 Å². The lowest BCUT2D eigenvalue weighted by Gasteiger charge is -2.17. The van der Waals surface area contributed by atoms with E-state index in [0.717, 1.165) is 11.1 Å². The van der Waals surface area contributed by atoms with Crippen LogP contribution in [0.15, 0.2) is 51.7 Å². The zero-order valence-corrected chi connectivity index (χ0v) is 17.3. The Morgan fingerprint density at radius 3 is 2.58 bits per heavy atom. The average molecular weight is 416 g/mol. The van der Waals surface area contributed by atoms with Gasteiger partial charge in [0.25, 0.3) is 5.56 Å². The SMILES string of the molecule is Cc1ccc(N2C(=O)C[C@H](c3c(C)[nH]n(-c4nc5ccccc5o4)c3=O)C2=O)c(C)c1. The summed E-state index contributed by atoms with van der Waals surface area (Å²) in [5.74, 6) is -1.58. The van der Waals surface area contributed by atoms with Gasteiger partial charge < -0.3 is 4.42 Å². The maximum absolute atomic E-state index is 13.2. The number of imide groups is 1. The molecule has 0 spiro atoms. The number of oxazole rings is 1. The van der Waals surface area contributed by atoms with E-state index < -0.39 is 17.4 Å². The van der Waals surface area contributed by atoms with Crippen molar-refractivity contribution in [1.29, 1.82) is 0 Å². The first-order valence-corrected chi connectivity index (χ1v) is 9.96. The van der Waals surface area contributed by atoms with Crippen LogP contribution in [-0.2, 0) is 9.59 Å². The molecule has 156 valence electrons. The molecule has 0 unspecified atom stereocenters. The van der Waals surface area contributed by atoms with E-state index in [1.54, 1.807) is 25.1 Å². The van der Waals surface area contributed by atoms with Crippen molar-refractivity contribution in [2.75, 3.05) is 4.90 Å². The second-order valence-electron chi connectivity index (χ2n) is 7.87. The van der Waals surface area contributed by atoms with Crippen LogP contribution in [0.2, 0.25) is 0 Å². The molecular formula is C23H20N4O4. The van der Waals surface area contributed by atoms with Gasteiger partial charge in [-0.3, -0.25) is 19.5 Å². The third kappa shape index (κ3) is 2.91. The van der Waals surface area contributed by atoms with Crippen LogP contribution in [-0.4, -0.2) is 26.6 Å². The smallest absolute Gasteiger partial charge is 0.325 e. The van der Waals surface area contributed by atoms with Gasteiger partial charge in [-0.25, -0.2) is 4.90 Å². The van der Waals surface area contributed by atoms with Gasteiger partial charge in [0.2, 0.25) is 11.8 Å². The number of benzene rings is 2. The topological polar surface area (TPSA) is 101 Å². The van der Waals surface area contributed by atoms with Gasteiger partial charge in [0.15, 0.2) is 5.58 Å². The molecule has 4 aromatic rings. The highest BCUT2D eigenvalue weighted by Crippen LogP contribution is 2.35. The Hall–Kier alpha value is -3.94. The highest BCUT2D eigenvalue weighted by Gasteiger charge is 2.43. The van der Waals surface area contributed by atoms with Gasteiger partial charge in [-0.2, -0.15) is 9.67 Å². The van der Waals surface area contributed by atoms with E-state index in [2.05, 4.69) is 10.1 Å². The quantitative estimate of drug-likeness (QED) is 0.517. The molecule has 5 rings (SSSR count). The summed E-state index contributed by atoms with van der Waals surface area (Å²) in [6, 6.07) is 12.8. The number of aromatic nitrogens is 3. The molecule has 1 aliphatic rings. The molecule has 0 bridgehead atoms. The normalized spacial score (nSPS) is 16.6. The number of nitrogens with one attached hydrogen (secondary N) is 1. The largest absolute Gasteiger partial charge is 0.422 e. The first-order valence-electron chi connectivity index (χ1n) is 9.96. The minimum Gasteiger partial charge on any atom is -0.422 e. The van der Waals surface area contributed by atoms with E-state index in [1.165, 1.54) is 9.58 Å². The molecule has 2 aromatic heterocycles. The molecule has 1 saturated heterocycles. The molecule has 2 aromatic carbocycles. The highest BCUT2D eigenvalue weighted by atomic mass is 16.4. The predicted molar refractivity (Wildman–Crippen MR) is 114 cm³/mol. The number of para-hydroxylation sites is 2. The van der Waals surface area contributed by atoms with Crippen molar-refractivity contribution < 1.29 is 14.0 Å². The van der Waals surface area contributed by atoms with Gasteiger partial charge >= 0.3 is 6.01 Å². The number of nitrogens with zero attached hydrogens (tertiary/aromatic N) is 3. The minimum atomic E-state index is -0.859. The fourth-order valence-corrected chi connectivity index (χ4v) is 4.23. The van der Waals surface area contributed by atoms with Crippen LogP contribution in [0.1, 0.15) is 34.7 Å². The maximum atomic E-state index is 13.2. The van der Waals surface area contributed by atoms with Crippen molar-refractivity contribution in [3.05, 3.63) is 75.2 Å². The molecule has 0 saturated carbocycles. The van der Waals surface area contributed by atoms with Crippen LogP contribution in [0.4, 0.5) is 5.69 Å². The molecule has 1 N–H and O–H groups in total. The number of hydrogen-bond acceptors (Lipinski definition) is 5. The molecule has 0 radical (unpaired) electrons. The van der Waals surface area contributed by atoms with Crippen molar-refractivity contribution in [3.8, 4) is 6.01 Å². The summed E-state index contributed by atoms with van der Waals surface area (Å²) in [5.41, 5.74) is 3.90. The van der Waals surface area contributed by atoms with Gasteiger partial charge in [0.1, 0.15) is 5.52 Å². The Morgan fingerprint density at radius 2 is 1.84 bits per heavy atom. The number of fused-ring (bicyclic) bond motifs is 1. The summed E-state index contributed by atoms with van der Waals surface area (Å²) >= 11 is 0. The average Bonchev–Trinajstić information content (AvgIpc) is 3.36. The molecular weight excluding hydrogens is 396 g/mol. The van der Waals surface area contributed by atoms with E-state index in [0.29, 0.717) is 22.5 Å². The van der Waals surface area contributed by atoms with E-state index >= 15 is 0 Å². The van der Waals surface area contributed by atoms with Crippen molar-refractivity contribution in [3.63, 3.8) is 0 Å².